The number of nitrogens with zero attached hydrogens (tertiary/aromatic N) is 2. The number of anilines is 1. The maximum atomic E-state index is 12.0. The molecule has 0 aliphatic heterocycles. The number of amides is 1. The highest BCUT2D eigenvalue weighted by Crippen LogP contribution is 2.28. The zero-order chi connectivity index (χ0) is 16.9. The van der Waals surface area contributed by atoms with E-state index in [0.717, 1.165) is 11.3 Å². The Balaban J connectivity index is 1.59. The van der Waals surface area contributed by atoms with Crippen LogP contribution in [0.2, 0.25) is 10.0 Å². The van der Waals surface area contributed by atoms with Gasteiger partial charge in [0, 0.05) is 34.4 Å². The summed E-state index contributed by atoms with van der Waals surface area (Å²) in [4.78, 5) is 20.4. The van der Waals surface area contributed by atoms with Gasteiger partial charge >= 0.3 is 0 Å². The molecule has 1 aromatic carbocycles. The highest BCUT2D eigenvalue weighted by molar-refractivity contribution is 7.14. The van der Waals surface area contributed by atoms with E-state index in [1.165, 1.54) is 11.3 Å². The molecule has 8 heteroatoms. The van der Waals surface area contributed by atoms with Gasteiger partial charge in [-0.2, -0.15) is 0 Å². The van der Waals surface area contributed by atoms with E-state index in [9.17, 15) is 4.79 Å². The van der Waals surface area contributed by atoms with E-state index in [4.69, 9.17) is 27.9 Å². The summed E-state index contributed by atoms with van der Waals surface area (Å²) >= 11 is 13.2. The third-order valence-electron chi connectivity index (χ3n) is 2.96. The first-order chi connectivity index (χ1) is 11.6. The number of hydrogen-bond donors (Lipinski definition) is 1. The topological polar surface area (TPSA) is 64.1 Å². The van der Waals surface area contributed by atoms with Gasteiger partial charge in [-0.15, -0.1) is 11.3 Å². The molecule has 24 heavy (non-hydrogen) atoms. The number of rotatable bonds is 5. The van der Waals surface area contributed by atoms with E-state index in [-0.39, 0.29) is 12.5 Å². The smallest absolute Gasteiger partial charge is 0.264 e. The molecular formula is C16H11Cl2N3O2S. The summed E-state index contributed by atoms with van der Waals surface area (Å²) in [5.41, 5.74) is 1.64. The Bertz CT molecular complexity index is 856. The normalized spacial score (nSPS) is 10.4. The second-order valence-electron chi connectivity index (χ2n) is 4.69. The summed E-state index contributed by atoms with van der Waals surface area (Å²) in [5, 5.41) is 5.89. The number of hydrogen-bond acceptors (Lipinski definition) is 5. The van der Waals surface area contributed by atoms with Crippen molar-refractivity contribution in [3.8, 4) is 17.0 Å². The first kappa shape index (κ1) is 16.7. The van der Waals surface area contributed by atoms with E-state index < -0.39 is 0 Å². The van der Waals surface area contributed by atoms with Crippen LogP contribution in [0.1, 0.15) is 0 Å². The molecule has 0 saturated heterocycles. The van der Waals surface area contributed by atoms with Crippen molar-refractivity contribution in [3.63, 3.8) is 0 Å². The van der Waals surface area contributed by atoms with Gasteiger partial charge in [0.15, 0.2) is 11.7 Å². The standard InChI is InChI=1S/C16H11Cl2N3O2S/c17-11-3-4-12(18)14(6-11)23-8-15(22)21-16-20-13(9-24-16)10-2-1-5-19-7-10/h1-7,9H,8H2,(H,20,21,22). The van der Waals surface area contributed by atoms with E-state index in [1.54, 1.807) is 30.6 Å². The van der Waals surface area contributed by atoms with Crippen molar-refractivity contribution < 1.29 is 9.53 Å². The summed E-state index contributed by atoms with van der Waals surface area (Å²) in [6.45, 7) is -0.193. The van der Waals surface area contributed by atoms with Crippen LogP contribution in [-0.2, 0) is 4.79 Å². The third-order valence-corrected chi connectivity index (χ3v) is 4.26. The van der Waals surface area contributed by atoms with Crippen molar-refractivity contribution in [2.24, 2.45) is 0 Å². The minimum absolute atomic E-state index is 0.193. The molecular weight excluding hydrogens is 369 g/mol. The van der Waals surface area contributed by atoms with Gasteiger partial charge in [0.05, 0.1) is 10.7 Å². The molecule has 2 heterocycles. The van der Waals surface area contributed by atoms with Crippen LogP contribution in [0, 0.1) is 0 Å². The van der Waals surface area contributed by atoms with Gasteiger partial charge in [-0.25, -0.2) is 4.98 Å². The maximum absolute atomic E-state index is 12.0. The number of ether oxygens (including phenoxy) is 1. The predicted molar refractivity (Wildman–Crippen MR) is 95.9 cm³/mol. The number of pyridine rings is 1. The fourth-order valence-corrected chi connectivity index (χ4v) is 2.93. The number of halogens is 2. The van der Waals surface area contributed by atoms with Gasteiger partial charge in [0.25, 0.3) is 5.91 Å². The van der Waals surface area contributed by atoms with Crippen molar-refractivity contribution in [1.82, 2.24) is 9.97 Å². The molecule has 0 radical (unpaired) electrons. The first-order valence-corrected chi connectivity index (χ1v) is 8.49. The summed E-state index contributed by atoms with van der Waals surface area (Å²) in [6, 6.07) is 8.54. The van der Waals surface area contributed by atoms with Crippen LogP contribution in [0.3, 0.4) is 0 Å². The van der Waals surface area contributed by atoms with Crippen LogP contribution >= 0.6 is 34.5 Å². The number of nitrogens with one attached hydrogen (secondary N) is 1. The quantitative estimate of drug-likeness (QED) is 0.707. The fraction of sp³-hybridized carbons (Fsp3) is 0.0625. The Hall–Kier alpha value is -2.15. The monoisotopic (exact) mass is 379 g/mol. The van der Waals surface area contributed by atoms with Crippen LogP contribution in [0.25, 0.3) is 11.3 Å². The number of benzene rings is 1. The molecule has 0 aliphatic rings. The summed E-state index contributed by atoms with van der Waals surface area (Å²) < 4.78 is 5.38. The largest absolute Gasteiger partial charge is 0.482 e. The number of carbonyl (C=O) groups is 1. The van der Waals surface area contributed by atoms with Gasteiger partial charge in [0.1, 0.15) is 5.75 Å². The molecule has 0 atom stereocenters. The lowest BCUT2D eigenvalue weighted by molar-refractivity contribution is -0.118. The average Bonchev–Trinajstić information content (AvgIpc) is 3.05. The van der Waals surface area contributed by atoms with E-state index in [2.05, 4.69) is 15.3 Å². The number of carbonyl (C=O) groups excluding carboxylic acids is 1. The molecule has 0 spiro atoms. The van der Waals surface area contributed by atoms with Crippen molar-refractivity contribution in [2.75, 3.05) is 11.9 Å². The summed E-state index contributed by atoms with van der Waals surface area (Å²) in [5.74, 6) is 0.0210. The van der Waals surface area contributed by atoms with Crippen LogP contribution in [0.4, 0.5) is 5.13 Å². The molecule has 0 fully saturated rings. The Labute approximate surface area is 152 Å². The van der Waals surface area contributed by atoms with E-state index >= 15 is 0 Å². The fourth-order valence-electron chi connectivity index (χ4n) is 1.86. The molecule has 3 rings (SSSR count). The second-order valence-corrected chi connectivity index (χ2v) is 6.39. The molecule has 122 valence electrons. The molecule has 2 aromatic heterocycles. The SMILES string of the molecule is O=C(COc1cc(Cl)ccc1Cl)Nc1nc(-c2cccnc2)cs1. The molecule has 0 saturated carbocycles. The Morgan fingerprint density at radius 2 is 2.17 bits per heavy atom. The van der Waals surface area contributed by atoms with Crippen molar-refractivity contribution in [2.45, 2.75) is 0 Å². The Kier molecular flexibility index (Phi) is 5.30. The highest BCUT2D eigenvalue weighted by Gasteiger charge is 2.10. The zero-order valence-corrected chi connectivity index (χ0v) is 14.5. The molecule has 0 aliphatic carbocycles. The number of aromatic nitrogens is 2. The van der Waals surface area contributed by atoms with Crippen LogP contribution in [-0.4, -0.2) is 22.5 Å². The third kappa shape index (κ3) is 4.23. The maximum Gasteiger partial charge on any atom is 0.264 e. The first-order valence-electron chi connectivity index (χ1n) is 6.85. The van der Waals surface area contributed by atoms with Crippen molar-refractivity contribution in [3.05, 3.63) is 58.2 Å². The Morgan fingerprint density at radius 3 is 2.96 bits per heavy atom. The van der Waals surface area contributed by atoms with Gasteiger partial charge in [-0.3, -0.25) is 15.1 Å². The number of thiazole rings is 1. The lowest BCUT2D eigenvalue weighted by Crippen LogP contribution is -2.20. The van der Waals surface area contributed by atoms with Crippen LogP contribution < -0.4 is 10.1 Å². The molecule has 0 unspecified atom stereocenters. The molecule has 5 nitrogen and oxygen atoms in total. The van der Waals surface area contributed by atoms with Gasteiger partial charge in [0.2, 0.25) is 0 Å². The summed E-state index contributed by atoms with van der Waals surface area (Å²) in [7, 11) is 0. The van der Waals surface area contributed by atoms with Crippen molar-refractivity contribution in [1.29, 1.82) is 0 Å². The minimum Gasteiger partial charge on any atom is -0.482 e. The van der Waals surface area contributed by atoms with Gasteiger partial charge < -0.3 is 4.74 Å². The highest BCUT2D eigenvalue weighted by atomic mass is 35.5. The Morgan fingerprint density at radius 1 is 1.29 bits per heavy atom. The van der Waals surface area contributed by atoms with Crippen LogP contribution in [0.5, 0.6) is 5.75 Å². The van der Waals surface area contributed by atoms with E-state index in [1.807, 2.05) is 17.5 Å². The zero-order valence-electron chi connectivity index (χ0n) is 12.2. The predicted octanol–water partition coefficient (Wildman–Crippen LogP) is 4.53. The average molecular weight is 380 g/mol. The van der Waals surface area contributed by atoms with Crippen molar-refractivity contribution >= 4 is 45.6 Å². The molecule has 1 amide bonds. The molecule has 1 N–H and O–H groups in total. The van der Waals surface area contributed by atoms with E-state index in [0.29, 0.717) is 20.9 Å². The minimum atomic E-state index is -0.335. The lowest BCUT2D eigenvalue weighted by atomic mass is 10.2. The molecule has 3 aromatic rings. The van der Waals surface area contributed by atoms with Gasteiger partial charge in [-0.1, -0.05) is 23.2 Å². The summed E-state index contributed by atoms with van der Waals surface area (Å²) in [6.07, 6.45) is 3.40. The molecule has 0 bridgehead atoms. The van der Waals surface area contributed by atoms with Gasteiger partial charge in [-0.05, 0) is 24.3 Å². The second kappa shape index (κ2) is 7.61. The lowest BCUT2D eigenvalue weighted by Gasteiger charge is -2.07. The van der Waals surface area contributed by atoms with Crippen LogP contribution in [0.15, 0.2) is 48.1 Å².